The third-order valence-electron chi connectivity index (χ3n) is 4.65. The van der Waals surface area contributed by atoms with Gasteiger partial charge in [0.1, 0.15) is 12.4 Å². The van der Waals surface area contributed by atoms with Crippen LogP contribution in [0.25, 0.3) is 11.2 Å². The Labute approximate surface area is 174 Å². The highest BCUT2D eigenvalue weighted by Crippen LogP contribution is 2.31. The summed E-state index contributed by atoms with van der Waals surface area (Å²) >= 11 is 12.2. The Bertz CT molecular complexity index is 1080. The molecule has 29 heavy (non-hydrogen) atoms. The fourth-order valence-corrected chi connectivity index (χ4v) is 3.55. The molecule has 12 heteroatoms. The minimum Gasteiger partial charge on any atom is -0.479 e. The van der Waals surface area contributed by atoms with Crippen molar-refractivity contribution in [3.05, 3.63) is 46.5 Å². The Kier molecular flexibility index (Phi) is 5.28. The van der Waals surface area contributed by atoms with E-state index in [1.54, 1.807) is 18.2 Å². The van der Waals surface area contributed by atoms with Gasteiger partial charge in [0.05, 0.1) is 12.4 Å². The van der Waals surface area contributed by atoms with Crippen LogP contribution >= 0.6 is 23.2 Å². The highest BCUT2D eigenvalue weighted by Gasteiger charge is 2.46. The van der Waals surface area contributed by atoms with Crippen molar-refractivity contribution in [3.8, 4) is 0 Å². The van der Waals surface area contributed by atoms with Crippen molar-refractivity contribution in [2.45, 2.75) is 31.0 Å². The molecule has 4 atom stereocenters. The summed E-state index contributed by atoms with van der Waals surface area (Å²) < 4.78 is 6.87. The number of halogens is 2. The van der Waals surface area contributed by atoms with Crippen LogP contribution in [-0.4, -0.2) is 54.0 Å². The lowest BCUT2D eigenvalue weighted by Gasteiger charge is -2.16. The number of aliphatic hydroxyl groups is 1. The molecule has 1 aromatic carbocycles. The lowest BCUT2D eigenvalue weighted by molar-refractivity contribution is -0.152. The van der Waals surface area contributed by atoms with E-state index >= 15 is 0 Å². The Morgan fingerprint density at radius 2 is 2.10 bits per heavy atom. The summed E-state index contributed by atoms with van der Waals surface area (Å²) in [5.41, 5.74) is 7.31. The number of fused-ring (bicyclic) bond motifs is 1. The number of nitrogens with one attached hydrogen (secondary N) is 1. The molecule has 0 unspecified atom stereocenters. The maximum absolute atomic E-state index is 11.3. The number of rotatable bonds is 5. The van der Waals surface area contributed by atoms with Crippen LogP contribution in [0.5, 0.6) is 0 Å². The fraction of sp³-hybridized carbons (Fsp3) is 0.294. The second-order valence-corrected chi connectivity index (χ2v) is 7.33. The molecule has 1 saturated heterocycles. The monoisotopic (exact) mass is 438 g/mol. The Morgan fingerprint density at radius 3 is 2.83 bits per heavy atom. The van der Waals surface area contributed by atoms with Crippen molar-refractivity contribution in [2.75, 3.05) is 5.32 Å². The number of carboxylic acids is 1. The molecule has 5 N–H and O–H groups in total. The number of nitrogens with two attached hydrogens (primary N) is 1. The Hall–Kier alpha value is -2.50. The van der Waals surface area contributed by atoms with Gasteiger partial charge in [-0.25, -0.2) is 19.7 Å². The van der Waals surface area contributed by atoms with Crippen molar-refractivity contribution >= 4 is 46.2 Å². The van der Waals surface area contributed by atoms with E-state index in [1.165, 1.54) is 17.2 Å². The van der Waals surface area contributed by atoms with Crippen molar-refractivity contribution < 1.29 is 19.7 Å². The molecule has 1 aliphatic heterocycles. The molecule has 0 saturated carbocycles. The fourth-order valence-electron chi connectivity index (χ4n) is 3.17. The number of anilines is 1. The molecular weight excluding hydrogens is 423 g/mol. The molecule has 4 rings (SSSR count). The number of nitrogens with zero attached hydrogens (tertiary/aromatic N) is 4. The number of carboxylic acid groups (broad SMARTS) is 1. The topological polar surface area (TPSA) is 148 Å². The number of hydrogen-bond acceptors (Lipinski definition) is 8. The summed E-state index contributed by atoms with van der Waals surface area (Å²) in [6.07, 6.45) is -0.914. The molecule has 2 aromatic heterocycles. The molecule has 0 spiro atoms. The standard InChI is InChI=1S/C17H16Cl2N6O4/c18-8-1-2-9(19)7(3-8)4-21-14-11-15(23-5-22-14)25(6-24-11)16-12(26)10(20)13(29-16)17(27)28/h1-3,5-6,10,12-13,16,26H,4,20H2,(H,27,28)(H,21,22,23)/t10-,12+,13-,16+/m0/s1. The van der Waals surface area contributed by atoms with Gasteiger partial charge in [-0.2, -0.15) is 0 Å². The number of hydrogen-bond donors (Lipinski definition) is 4. The molecule has 3 heterocycles. The van der Waals surface area contributed by atoms with Gasteiger partial charge >= 0.3 is 5.97 Å². The zero-order chi connectivity index (χ0) is 20.7. The van der Waals surface area contributed by atoms with Crippen molar-refractivity contribution in [2.24, 2.45) is 5.73 Å². The van der Waals surface area contributed by atoms with E-state index in [9.17, 15) is 15.0 Å². The predicted molar refractivity (Wildman–Crippen MR) is 105 cm³/mol. The van der Waals surface area contributed by atoms with Crippen LogP contribution in [0.3, 0.4) is 0 Å². The smallest absolute Gasteiger partial charge is 0.334 e. The van der Waals surface area contributed by atoms with Crippen molar-refractivity contribution in [1.82, 2.24) is 19.5 Å². The summed E-state index contributed by atoms with van der Waals surface area (Å²) in [5.74, 6) is -0.824. The number of carbonyl (C=O) groups is 1. The number of aliphatic carboxylic acids is 1. The zero-order valence-corrected chi connectivity index (χ0v) is 16.2. The predicted octanol–water partition coefficient (Wildman–Crippen LogP) is 1.42. The summed E-state index contributed by atoms with van der Waals surface area (Å²) in [5, 5.41) is 23.8. The van der Waals surface area contributed by atoms with E-state index in [-0.39, 0.29) is 0 Å². The highest BCUT2D eigenvalue weighted by molar-refractivity contribution is 6.33. The highest BCUT2D eigenvalue weighted by atomic mass is 35.5. The van der Waals surface area contributed by atoms with E-state index in [4.69, 9.17) is 33.7 Å². The van der Waals surface area contributed by atoms with E-state index < -0.39 is 30.4 Å². The van der Waals surface area contributed by atoms with Crippen LogP contribution < -0.4 is 11.1 Å². The van der Waals surface area contributed by atoms with E-state index in [1.807, 2.05) is 0 Å². The summed E-state index contributed by atoms with van der Waals surface area (Å²) in [7, 11) is 0. The van der Waals surface area contributed by atoms with Crippen LogP contribution in [0.15, 0.2) is 30.9 Å². The molecule has 0 bridgehead atoms. The maximum Gasteiger partial charge on any atom is 0.334 e. The molecule has 1 fully saturated rings. The van der Waals surface area contributed by atoms with Gasteiger partial charge in [-0.1, -0.05) is 23.2 Å². The van der Waals surface area contributed by atoms with E-state index in [0.717, 1.165) is 5.56 Å². The summed E-state index contributed by atoms with van der Waals surface area (Å²) in [6.45, 7) is 0.340. The number of benzene rings is 1. The van der Waals surface area contributed by atoms with E-state index in [2.05, 4.69) is 20.3 Å². The number of imidazole rings is 1. The molecule has 1 aliphatic rings. The lowest BCUT2D eigenvalue weighted by Crippen LogP contribution is -2.43. The van der Waals surface area contributed by atoms with Crippen LogP contribution in [0, 0.1) is 0 Å². The van der Waals surface area contributed by atoms with Gasteiger partial charge in [0.15, 0.2) is 29.3 Å². The zero-order valence-electron chi connectivity index (χ0n) is 14.7. The van der Waals surface area contributed by atoms with Gasteiger partial charge < -0.3 is 26.0 Å². The van der Waals surface area contributed by atoms with Gasteiger partial charge in [-0.3, -0.25) is 4.57 Å². The minimum absolute atomic E-state index is 0.340. The van der Waals surface area contributed by atoms with Crippen LogP contribution in [0.4, 0.5) is 5.82 Å². The van der Waals surface area contributed by atoms with Gasteiger partial charge in [0.25, 0.3) is 0 Å². The SMILES string of the molecule is N[C@H]1[C@@H](O)[C@H](n2cnc3c(NCc4cc(Cl)ccc4Cl)ncnc32)O[C@@H]1C(=O)O. The van der Waals surface area contributed by atoms with Gasteiger partial charge in [0, 0.05) is 16.6 Å². The second kappa shape index (κ2) is 7.73. The molecule has 0 aliphatic carbocycles. The van der Waals surface area contributed by atoms with Crippen LogP contribution in [0.2, 0.25) is 10.0 Å². The second-order valence-electron chi connectivity index (χ2n) is 6.49. The van der Waals surface area contributed by atoms with Crippen molar-refractivity contribution in [1.29, 1.82) is 0 Å². The first-order chi connectivity index (χ1) is 13.9. The summed E-state index contributed by atoms with van der Waals surface area (Å²) in [6, 6.07) is 4.05. The lowest BCUT2D eigenvalue weighted by atomic mass is 10.1. The molecule has 10 nitrogen and oxygen atoms in total. The first-order valence-electron chi connectivity index (χ1n) is 8.54. The van der Waals surface area contributed by atoms with Crippen molar-refractivity contribution in [3.63, 3.8) is 0 Å². The average molecular weight is 439 g/mol. The number of ether oxygens (including phenoxy) is 1. The molecule has 3 aromatic rings. The quantitative estimate of drug-likeness (QED) is 0.463. The van der Waals surface area contributed by atoms with Gasteiger partial charge in [0.2, 0.25) is 0 Å². The third-order valence-corrected chi connectivity index (χ3v) is 5.26. The molecule has 0 radical (unpaired) electrons. The first-order valence-corrected chi connectivity index (χ1v) is 9.29. The van der Waals surface area contributed by atoms with Gasteiger partial charge in [-0.15, -0.1) is 0 Å². The largest absolute Gasteiger partial charge is 0.479 e. The van der Waals surface area contributed by atoms with Gasteiger partial charge in [-0.05, 0) is 23.8 Å². The normalized spacial score (nSPS) is 24.1. The maximum atomic E-state index is 11.3. The minimum atomic E-state index is -1.34. The van der Waals surface area contributed by atoms with Crippen LogP contribution in [-0.2, 0) is 16.1 Å². The third kappa shape index (κ3) is 3.61. The molecule has 152 valence electrons. The first kappa shape index (κ1) is 19.8. The Morgan fingerprint density at radius 1 is 1.31 bits per heavy atom. The molecular formula is C17H16Cl2N6O4. The summed E-state index contributed by atoms with van der Waals surface area (Å²) in [4.78, 5) is 23.9. The average Bonchev–Trinajstić information content (AvgIpc) is 3.24. The Balaban J connectivity index is 1.62. The number of aliphatic hydroxyl groups excluding tert-OH is 1. The molecule has 0 amide bonds. The van der Waals surface area contributed by atoms with E-state index in [0.29, 0.717) is 33.6 Å². The van der Waals surface area contributed by atoms with Crippen LogP contribution in [0.1, 0.15) is 11.8 Å². The number of aromatic nitrogens is 4.